The highest BCUT2D eigenvalue weighted by molar-refractivity contribution is 6.31. The zero-order chi connectivity index (χ0) is 24.0. The third kappa shape index (κ3) is 3.33. The lowest BCUT2D eigenvalue weighted by Gasteiger charge is -2.33. The van der Waals surface area contributed by atoms with E-state index in [9.17, 15) is 14.4 Å². The lowest BCUT2D eigenvalue weighted by atomic mass is 9.75. The van der Waals surface area contributed by atoms with E-state index in [-0.39, 0.29) is 0 Å². The molecule has 2 amide bonds. The number of anilines is 1. The fourth-order valence-corrected chi connectivity index (χ4v) is 5.39. The van der Waals surface area contributed by atoms with E-state index in [2.05, 4.69) is 5.32 Å². The molecular weight excluding hydrogens is 475 g/mol. The first kappa shape index (κ1) is 22.6. The van der Waals surface area contributed by atoms with Crippen molar-refractivity contribution < 1.29 is 19.1 Å². The fourth-order valence-electron chi connectivity index (χ4n) is 5.14. The molecule has 0 radical (unpaired) electrons. The van der Waals surface area contributed by atoms with Crippen molar-refractivity contribution in [3.63, 3.8) is 0 Å². The molecule has 2 aliphatic heterocycles. The molecule has 2 aliphatic rings. The predicted molar refractivity (Wildman–Crippen MR) is 128 cm³/mol. The Kier molecular flexibility index (Phi) is 5.68. The van der Waals surface area contributed by atoms with Gasteiger partial charge < -0.3 is 4.74 Å². The molecule has 3 aromatic rings. The molecule has 34 heavy (non-hydrogen) atoms. The van der Waals surface area contributed by atoms with Gasteiger partial charge in [-0.15, -0.1) is 0 Å². The van der Waals surface area contributed by atoms with E-state index >= 15 is 0 Å². The number of carbonyl (C=O) groups excluding carboxylic acids is 3. The summed E-state index contributed by atoms with van der Waals surface area (Å²) in [5.41, 5.74) is 0.127. The Labute approximate surface area is 206 Å². The predicted octanol–water partition coefficient (Wildman–Crippen LogP) is 4.51. The zero-order valence-corrected chi connectivity index (χ0v) is 19.6. The van der Waals surface area contributed by atoms with Gasteiger partial charge in [-0.1, -0.05) is 65.7 Å². The Balaban J connectivity index is 1.72. The quantitative estimate of drug-likeness (QED) is 0.426. The second-order valence-corrected chi connectivity index (χ2v) is 9.20. The summed E-state index contributed by atoms with van der Waals surface area (Å²) in [6.45, 7) is 0. The number of ether oxygens (including phenoxy) is 1. The van der Waals surface area contributed by atoms with Gasteiger partial charge in [-0.3, -0.25) is 14.9 Å². The molecule has 3 aromatic carbocycles. The number of methoxy groups -OCH3 is 1. The van der Waals surface area contributed by atoms with Crippen LogP contribution in [0.1, 0.15) is 17.2 Å². The highest BCUT2D eigenvalue weighted by Gasteiger charge is 2.69. The smallest absolute Gasteiger partial charge is 0.331 e. The average molecular weight is 495 g/mol. The van der Waals surface area contributed by atoms with Gasteiger partial charge >= 0.3 is 5.97 Å². The van der Waals surface area contributed by atoms with E-state index in [0.717, 1.165) is 10.5 Å². The maximum atomic E-state index is 13.9. The van der Waals surface area contributed by atoms with Crippen molar-refractivity contribution in [3.05, 3.63) is 100 Å². The lowest BCUT2D eigenvalue weighted by molar-refractivity contribution is -0.152. The van der Waals surface area contributed by atoms with Crippen LogP contribution in [0.5, 0.6) is 0 Å². The first-order chi connectivity index (χ1) is 16.4. The Hall–Kier alpha value is -3.19. The first-order valence-corrected chi connectivity index (χ1v) is 11.4. The first-order valence-electron chi connectivity index (χ1n) is 10.7. The van der Waals surface area contributed by atoms with E-state index in [1.807, 2.05) is 6.07 Å². The van der Waals surface area contributed by atoms with E-state index in [1.165, 1.54) is 7.11 Å². The number of hydrogen-bond donors (Lipinski definition) is 1. The van der Waals surface area contributed by atoms with Crippen molar-refractivity contribution in [3.8, 4) is 0 Å². The molecule has 2 saturated heterocycles. The van der Waals surface area contributed by atoms with E-state index in [0.29, 0.717) is 21.3 Å². The SMILES string of the molecule is COC(=O)[C@@]1(c2ccccc2)N[C@H](c2ccc(Cl)cc2)[C@@H]2C(=O)N(c3ccc(Cl)cc3)C(=O)[C@@H]21. The third-order valence-corrected chi connectivity index (χ3v) is 7.11. The fraction of sp³-hybridized carbons (Fsp3) is 0.192. The maximum Gasteiger partial charge on any atom is 0.331 e. The minimum absolute atomic E-state index is 0.397. The molecule has 0 aromatic heterocycles. The molecule has 2 fully saturated rings. The summed E-state index contributed by atoms with van der Waals surface area (Å²) in [4.78, 5) is 42.3. The van der Waals surface area contributed by atoms with Crippen LogP contribution >= 0.6 is 23.2 Å². The largest absolute Gasteiger partial charge is 0.467 e. The Morgan fingerprint density at radius 2 is 1.47 bits per heavy atom. The highest BCUT2D eigenvalue weighted by Crippen LogP contribution is 2.54. The topological polar surface area (TPSA) is 75.7 Å². The van der Waals surface area contributed by atoms with Gasteiger partial charge in [0.05, 0.1) is 24.6 Å². The highest BCUT2D eigenvalue weighted by atomic mass is 35.5. The number of imide groups is 1. The normalized spacial score (nSPS) is 26.0. The molecule has 0 saturated carbocycles. The number of esters is 1. The van der Waals surface area contributed by atoms with Gasteiger partial charge in [0.2, 0.25) is 11.8 Å². The Morgan fingerprint density at radius 3 is 2.06 bits per heavy atom. The standard InChI is InChI=1S/C26H20Cl2N2O4/c1-34-25(33)26(16-5-3-2-4-6-16)21-20(22(29-26)15-7-9-17(27)10-8-15)23(31)30(24(21)32)19-13-11-18(28)12-14-19/h2-14,20-22,29H,1H3/t20-,21-,22-,26+/m1/s1. The number of carbonyl (C=O) groups is 3. The van der Waals surface area contributed by atoms with Gasteiger partial charge in [-0.05, 0) is 47.5 Å². The van der Waals surface area contributed by atoms with E-state index in [1.54, 1.807) is 72.8 Å². The molecule has 4 atom stereocenters. The molecule has 1 N–H and O–H groups in total. The molecule has 8 heteroatoms. The summed E-state index contributed by atoms with van der Waals surface area (Å²) in [5, 5.41) is 4.37. The van der Waals surface area contributed by atoms with Gasteiger partial charge in [0, 0.05) is 16.1 Å². The van der Waals surface area contributed by atoms with Crippen molar-refractivity contribution in [1.29, 1.82) is 0 Å². The summed E-state index contributed by atoms with van der Waals surface area (Å²) in [6, 6.07) is 21.7. The minimum Gasteiger partial charge on any atom is -0.467 e. The molecule has 0 spiro atoms. The van der Waals surface area contributed by atoms with Crippen molar-refractivity contribution in [2.45, 2.75) is 11.6 Å². The van der Waals surface area contributed by atoms with Crippen LogP contribution in [0.25, 0.3) is 0 Å². The molecule has 2 heterocycles. The molecule has 6 nitrogen and oxygen atoms in total. The molecule has 0 unspecified atom stereocenters. The van der Waals surface area contributed by atoms with Gasteiger partial charge in [-0.2, -0.15) is 0 Å². The van der Waals surface area contributed by atoms with Crippen molar-refractivity contribution in [2.24, 2.45) is 11.8 Å². The number of fused-ring (bicyclic) bond motifs is 1. The van der Waals surface area contributed by atoms with Crippen molar-refractivity contribution in [1.82, 2.24) is 5.32 Å². The van der Waals surface area contributed by atoms with Gasteiger partial charge in [-0.25, -0.2) is 9.69 Å². The summed E-state index contributed by atoms with van der Waals surface area (Å²) >= 11 is 12.1. The second kappa shape index (κ2) is 8.55. The van der Waals surface area contributed by atoms with E-state index < -0.39 is 41.2 Å². The number of nitrogens with zero attached hydrogens (tertiary/aromatic N) is 1. The van der Waals surface area contributed by atoms with Crippen LogP contribution in [0.15, 0.2) is 78.9 Å². The molecule has 0 bridgehead atoms. The summed E-state index contributed by atoms with van der Waals surface area (Å²) in [6.07, 6.45) is 0. The third-order valence-electron chi connectivity index (χ3n) is 6.61. The molecule has 0 aliphatic carbocycles. The number of hydrogen-bond acceptors (Lipinski definition) is 5. The van der Waals surface area contributed by atoms with Gasteiger partial charge in [0.25, 0.3) is 0 Å². The summed E-state index contributed by atoms with van der Waals surface area (Å²) < 4.78 is 5.22. The van der Waals surface area contributed by atoms with Crippen LogP contribution in [0, 0.1) is 11.8 Å². The van der Waals surface area contributed by atoms with Crippen LogP contribution in [0.4, 0.5) is 5.69 Å². The summed E-state index contributed by atoms with van der Waals surface area (Å²) in [5.74, 6) is -3.37. The maximum absolute atomic E-state index is 13.9. The zero-order valence-electron chi connectivity index (χ0n) is 18.1. The van der Waals surface area contributed by atoms with Crippen LogP contribution in [0.2, 0.25) is 10.0 Å². The minimum atomic E-state index is -1.56. The van der Waals surface area contributed by atoms with Crippen LogP contribution in [-0.4, -0.2) is 24.9 Å². The van der Waals surface area contributed by atoms with Gasteiger partial charge in [0.15, 0.2) is 5.54 Å². The van der Waals surface area contributed by atoms with Crippen LogP contribution in [-0.2, 0) is 24.7 Å². The Morgan fingerprint density at radius 1 is 0.882 bits per heavy atom. The van der Waals surface area contributed by atoms with E-state index in [4.69, 9.17) is 27.9 Å². The Bertz CT molecular complexity index is 1260. The van der Waals surface area contributed by atoms with Crippen LogP contribution < -0.4 is 10.2 Å². The summed E-state index contributed by atoms with van der Waals surface area (Å²) in [7, 11) is 1.28. The number of benzene rings is 3. The van der Waals surface area contributed by atoms with Crippen molar-refractivity contribution >= 4 is 46.7 Å². The second-order valence-electron chi connectivity index (χ2n) is 8.33. The van der Waals surface area contributed by atoms with Gasteiger partial charge in [0.1, 0.15) is 0 Å². The number of amides is 2. The molecular formula is C26H20Cl2N2O4. The number of nitrogens with one attached hydrogen (secondary N) is 1. The van der Waals surface area contributed by atoms with Crippen LogP contribution in [0.3, 0.4) is 0 Å². The molecule has 172 valence electrons. The molecule has 5 rings (SSSR count). The number of halogens is 2. The number of rotatable bonds is 4. The lowest BCUT2D eigenvalue weighted by Crippen LogP contribution is -2.53. The average Bonchev–Trinajstić information content (AvgIpc) is 3.35. The monoisotopic (exact) mass is 494 g/mol. The van der Waals surface area contributed by atoms with Crippen molar-refractivity contribution in [2.75, 3.05) is 12.0 Å².